The van der Waals surface area contributed by atoms with Crippen molar-refractivity contribution in [2.24, 2.45) is 0 Å². The number of hydrogen-bond donors (Lipinski definition) is 1. The molecule has 3 rings (SSSR count). The van der Waals surface area contributed by atoms with Crippen molar-refractivity contribution in [2.45, 2.75) is 37.6 Å². The van der Waals surface area contributed by atoms with Crippen LogP contribution in [0.1, 0.15) is 37.2 Å². The fraction of sp³-hybridized carbons (Fsp3) is 0.600. The first-order chi connectivity index (χ1) is 8.72. The summed E-state index contributed by atoms with van der Waals surface area (Å²) >= 11 is 6.38. The molecule has 18 heavy (non-hydrogen) atoms. The number of likely N-dealkylation sites (tertiary alicyclic amines) is 1. The van der Waals surface area contributed by atoms with Crippen LogP contribution in [0.25, 0.3) is 0 Å². The van der Waals surface area contributed by atoms with Gasteiger partial charge in [0.2, 0.25) is 0 Å². The van der Waals surface area contributed by atoms with E-state index in [1.165, 1.54) is 44.3 Å². The van der Waals surface area contributed by atoms with Crippen molar-refractivity contribution >= 4 is 17.3 Å². The monoisotopic (exact) mass is 264 g/mol. The molecule has 0 aromatic heterocycles. The molecule has 1 saturated carbocycles. The maximum absolute atomic E-state index is 6.38. The van der Waals surface area contributed by atoms with Crippen molar-refractivity contribution < 1.29 is 0 Å². The lowest BCUT2D eigenvalue weighted by molar-refractivity contribution is 0.264. The summed E-state index contributed by atoms with van der Waals surface area (Å²) in [6.45, 7) is 2.35. The van der Waals surface area contributed by atoms with Gasteiger partial charge in [0.05, 0.1) is 10.7 Å². The first kappa shape index (κ1) is 12.3. The van der Waals surface area contributed by atoms with E-state index in [4.69, 9.17) is 11.6 Å². The summed E-state index contributed by atoms with van der Waals surface area (Å²) in [6, 6.07) is 7.12. The van der Waals surface area contributed by atoms with Gasteiger partial charge in [0.15, 0.2) is 0 Å². The van der Waals surface area contributed by atoms with Crippen molar-refractivity contribution in [3.63, 3.8) is 0 Å². The van der Waals surface area contributed by atoms with Gasteiger partial charge in [-0.05, 0) is 69.4 Å². The Morgan fingerprint density at radius 2 is 1.89 bits per heavy atom. The van der Waals surface area contributed by atoms with Crippen LogP contribution in [-0.4, -0.2) is 31.1 Å². The van der Waals surface area contributed by atoms with Gasteiger partial charge in [-0.2, -0.15) is 0 Å². The molecule has 98 valence electrons. The number of hydrogen-bond acceptors (Lipinski definition) is 2. The second kappa shape index (κ2) is 5.10. The summed E-state index contributed by atoms with van der Waals surface area (Å²) in [7, 11) is 2.19. The van der Waals surface area contributed by atoms with Crippen LogP contribution in [0.5, 0.6) is 0 Å². The van der Waals surface area contributed by atoms with E-state index >= 15 is 0 Å². The number of rotatable bonds is 3. The Balaban J connectivity index is 1.65. The second-order valence-electron chi connectivity index (χ2n) is 5.74. The van der Waals surface area contributed by atoms with Crippen LogP contribution in [0, 0.1) is 0 Å². The van der Waals surface area contributed by atoms with Gasteiger partial charge in [-0.25, -0.2) is 0 Å². The number of nitrogens with one attached hydrogen (secondary N) is 1. The van der Waals surface area contributed by atoms with E-state index in [1.807, 2.05) is 0 Å². The maximum atomic E-state index is 6.38. The standard InChI is InChI=1S/C15H21ClN2/c1-18-8-6-13(7-9-18)17-15-5-4-12(10-14(15)16)11-2-3-11/h4-5,10-11,13,17H,2-3,6-9H2,1H3. The summed E-state index contributed by atoms with van der Waals surface area (Å²) in [5.74, 6) is 0.778. The first-order valence-electron chi connectivity index (χ1n) is 6.97. The van der Waals surface area contributed by atoms with Crippen LogP contribution in [0.2, 0.25) is 5.02 Å². The first-order valence-corrected chi connectivity index (χ1v) is 7.34. The third-order valence-corrected chi connectivity index (χ3v) is 4.43. The summed E-state index contributed by atoms with van der Waals surface area (Å²) in [4.78, 5) is 2.38. The highest BCUT2D eigenvalue weighted by Gasteiger charge is 2.24. The Morgan fingerprint density at radius 1 is 1.17 bits per heavy atom. The molecule has 1 aromatic carbocycles. The number of piperidine rings is 1. The highest BCUT2D eigenvalue weighted by atomic mass is 35.5. The Labute approximate surface area is 114 Å². The zero-order chi connectivity index (χ0) is 12.5. The molecule has 0 unspecified atom stereocenters. The second-order valence-corrected chi connectivity index (χ2v) is 6.14. The third-order valence-electron chi connectivity index (χ3n) is 4.12. The van der Waals surface area contributed by atoms with E-state index < -0.39 is 0 Å². The average Bonchev–Trinajstić information content (AvgIpc) is 3.19. The SMILES string of the molecule is CN1CCC(Nc2ccc(C3CC3)cc2Cl)CC1. The van der Waals surface area contributed by atoms with Crippen LogP contribution in [0.15, 0.2) is 18.2 Å². The third kappa shape index (κ3) is 2.81. The smallest absolute Gasteiger partial charge is 0.0640 e. The molecule has 1 heterocycles. The Bertz CT molecular complexity index is 421. The van der Waals surface area contributed by atoms with Gasteiger partial charge in [0, 0.05) is 6.04 Å². The van der Waals surface area contributed by atoms with E-state index in [-0.39, 0.29) is 0 Å². The molecule has 0 amide bonds. The van der Waals surface area contributed by atoms with Gasteiger partial charge in [-0.1, -0.05) is 17.7 Å². The zero-order valence-electron chi connectivity index (χ0n) is 11.0. The summed E-state index contributed by atoms with van der Waals surface area (Å²) in [5.41, 5.74) is 2.52. The van der Waals surface area contributed by atoms with Crippen LogP contribution >= 0.6 is 11.6 Å². The van der Waals surface area contributed by atoms with Crippen molar-refractivity contribution in [2.75, 3.05) is 25.5 Å². The van der Waals surface area contributed by atoms with Gasteiger partial charge < -0.3 is 10.2 Å². The van der Waals surface area contributed by atoms with E-state index in [1.54, 1.807) is 0 Å². The predicted molar refractivity (Wildman–Crippen MR) is 77.6 cm³/mol. The van der Waals surface area contributed by atoms with E-state index in [9.17, 15) is 0 Å². The highest BCUT2D eigenvalue weighted by molar-refractivity contribution is 6.33. The fourth-order valence-corrected chi connectivity index (χ4v) is 2.94. The molecule has 1 aliphatic carbocycles. The van der Waals surface area contributed by atoms with Crippen LogP contribution < -0.4 is 5.32 Å². The van der Waals surface area contributed by atoms with E-state index in [0.717, 1.165) is 16.6 Å². The molecule has 2 aliphatic rings. The molecule has 0 atom stereocenters. The van der Waals surface area contributed by atoms with Gasteiger partial charge in [-0.15, -0.1) is 0 Å². The Morgan fingerprint density at radius 3 is 2.50 bits per heavy atom. The van der Waals surface area contributed by atoms with Gasteiger partial charge in [0.1, 0.15) is 0 Å². The molecule has 3 heteroatoms. The summed E-state index contributed by atoms with van der Waals surface area (Å²) in [5, 5.41) is 4.48. The molecule has 1 N–H and O–H groups in total. The Kier molecular flexibility index (Phi) is 3.49. The number of nitrogens with zero attached hydrogens (tertiary/aromatic N) is 1. The molecule has 2 fully saturated rings. The lowest BCUT2D eigenvalue weighted by Crippen LogP contribution is -2.36. The zero-order valence-corrected chi connectivity index (χ0v) is 11.7. The van der Waals surface area contributed by atoms with Crippen LogP contribution in [-0.2, 0) is 0 Å². The number of anilines is 1. The molecule has 2 nitrogen and oxygen atoms in total. The van der Waals surface area contributed by atoms with Crippen LogP contribution in [0.4, 0.5) is 5.69 Å². The number of halogens is 1. The molecule has 0 bridgehead atoms. The molecular formula is C15H21ClN2. The topological polar surface area (TPSA) is 15.3 Å². The van der Waals surface area contributed by atoms with Gasteiger partial charge >= 0.3 is 0 Å². The molecule has 1 aliphatic heterocycles. The molecule has 1 aromatic rings. The minimum Gasteiger partial charge on any atom is -0.381 e. The molecule has 1 saturated heterocycles. The highest BCUT2D eigenvalue weighted by Crippen LogP contribution is 2.41. The maximum Gasteiger partial charge on any atom is 0.0640 e. The molecule has 0 spiro atoms. The number of benzene rings is 1. The quantitative estimate of drug-likeness (QED) is 0.895. The fourth-order valence-electron chi connectivity index (χ4n) is 2.69. The van der Waals surface area contributed by atoms with Gasteiger partial charge in [0.25, 0.3) is 0 Å². The average molecular weight is 265 g/mol. The summed E-state index contributed by atoms with van der Waals surface area (Å²) in [6.07, 6.45) is 5.07. The lowest BCUT2D eigenvalue weighted by Gasteiger charge is -2.30. The largest absolute Gasteiger partial charge is 0.381 e. The minimum atomic E-state index is 0.575. The lowest BCUT2D eigenvalue weighted by atomic mass is 10.0. The van der Waals surface area contributed by atoms with Crippen molar-refractivity contribution in [1.29, 1.82) is 0 Å². The molecule has 0 radical (unpaired) electrons. The van der Waals surface area contributed by atoms with Crippen molar-refractivity contribution in [3.8, 4) is 0 Å². The van der Waals surface area contributed by atoms with Crippen LogP contribution in [0.3, 0.4) is 0 Å². The van der Waals surface area contributed by atoms with E-state index in [0.29, 0.717) is 6.04 Å². The van der Waals surface area contributed by atoms with Crippen molar-refractivity contribution in [3.05, 3.63) is 28.8 Å². The normalized spacial score (nSPS) is 22.1. The van der Waals surface area contributed by atoms with Gasteiger partial charge in [-0.3, -0.25) is 0 Å². The molecular weight excluding hydrogens is 244 g/mol. The summed E-state index contributed by atoms with van der Waals surface area (Å²) < 4.78 is 0. The predicted octanol–water partition coefficient (Wildman–Crippen LogP) is 3.72. The van der Waals surface area contributed by atoms with Crippen molar-refractivity contribution in [1.82, 2.24) is 4.90 Å². The minimum absolute atomic E-state index is 0.575. The Hall–Kier alpha value is -0.730. The van der Waals surface area contributed by atoms with E-state index in [2.05, 4.69) is 35.5 Å².